The molecule has 1 aromatic carbocycles. The lowest BCUT2D eigenvalue weighted by atomic mass is 10.2. The number of carbonyl (C=O) groups excluding carboxylic acids is 1. The molecule has 0 aliphatic rings. The van der Waals surface area contributed by atoms with Crippen LogP contribution in [0.1, 0.15) is 19.5 Å². The van der Waals surface area contributed by atoms with E-state index in [4.69, 9.17) is 10.2 Å². The van der Waals surface area contributed by atoms with Gasteiger partial charge in [-0.05, 0) is 18.1 Å². The van der Waals surface area contributed by atoms with Crippen molar-refractivity contribution in [2.24, 2.45) is 11.7 Å². The lowest BCUT2D eigenvalue weighted by molar-refractivity contribution is -0.119. The molecule has 0 spiro atoms. The largest absolute Gasteiger partial charge is 0.444 e. The number of hydrogen-bond donors (Lipinski definition) is 1. The number of nitrogens with zero attached hydrogens (tertiary/aromatic N) is 2. The van der Waals surface area contributed by atoms with Gasteiger partial charge in [-0.1, -0.05) is 32.0 Å². The highest BCUT2D eigenvalue weighted by Gasteiger charge is 2.14. The van der Waals surface area contributed by atoms with Gasteiger partial charge in [-0.3, -0.25) is 9.69 Å². The Bertz CT molecular complexity index is 578. The number of hydrogen-bond acceptors (Lipinski definition) is 4. The van der Waals surface area contributed by atoms with Crippen LogP contribution in [-0.2, 0) is 11.3 Å². The monoisotopic (exact) mass is 287 g/mol. The van der Waals surface area contributed by atoms with Gasteiger partial charge in [0.15, 0.2) is 0 Å². The molecule has 2 rings (SSSR count). The second-order valence-corrected chi connectivity index (χ2v) is 5.54. The molecule has 0 radical (unpaired) electrons. The molecule has 0 fully saturated rings. The average molecular weight is 287 g/mol. The van der Waals surface area contributed by atoms with Crippen molar-refractivity contribution < 1.29 is 9.21 Å². The molecular weight excluding hydrogens is 266 g/mol. The topological polar surface area (TPSA) is 72.4 Å². The Hall–Kier alpha value is -2.14. The first-order valence-corrected chi connectivity index (χ1v) is 7.05. The minimum absolute atomic E-state index is 0.228. The first-order valence-electron chi connectivity index (χ1n) is 7.05. The van der Waals surface area contributed by atoms with E-state index in [0.29, 0.717) is 18.4 Å². The van der Waals surface area contributed by atoms with Crippen molar-refractivity contribution in [3.63, 3.8) is 0 Å². The van der Waals surface area contributed by atoms with E-state index in [1.165, 1.54) is 0 Å². The molecule has 1 amide bonds. The van der Waals surface area contributed by atoms with E-state index in [1.807, 2.05) is 35.2 Å². The summed E-state index contributed by atoms with van der Waals surface area (Å²) < 4.78 is 5.51. The van der Waals surface area contributed by atoms with Crippen molar-refractivity contribution in [1.82, 2.24) is 9.88 Å². The highest BCUT2D eigenvalue weighted by atomic mass is 16.3. The fourth-order valence-corrected chi connectivity index (χ4v) is 2.24. The maximum atomic E-state index is 11.1. The lowest BCUT2D eigenvalue weighted by Gasteiger charge is -2.21. The summed E-state index contributed by atoms with van der Waals surface area (Å²) in [5, 5.41) is 0. The van der Waals surface area contributed by atoms with Gasteiger partial charge >= 0.3 is 0 Å². The molecule has 0 atom stereocenters. The summed E-state index contributed by atoms with van der Waals surface area (Å²) in [6.45, 7) is 5.78. The molecule has 1 aromatic heterocycles. The quantitative estimate of drug-likeness (QED) is 0.848. The Morgan fingerprint density at radius 1 is 1.33 bits per heavy atom. The van der Waals surface area contributed by atoms with Crippen molar-refractivity contribution >= 4 is 5.91 Å². The van der Waals surface area contributed by atoms with Crippen LogP contribution in [0.2, 0.25) is 0 Å². The van der Waals surface area contributed by atoms with Gasteiger partial charge in [-0.2, -0.15) is 0 Å². The Morgan fingerprint density at radius 3 is 2.67 bits per heavy atom. The summed E-state index contributed by atoms with van der Waals surface area (Å²) in [5.41, 5.74) is 7.04. The molecular formula is C16H21N3O2. The lowest BCUT2D eigenvalue weighted by Crippen LogP contribution is -2.35. The number of oxazole rings is 1. The molecule has 0 bridgehead atoms. The molecule has 5 heteroatoms. The molecule has 2 aromatic rings. The minimum Gasteiger partial charge on any atom is -0.444 e. The standard InChI is InChI=1S/C16H21N3O2/c1-12(2)8-19(10-15(17)20)9-14-11-21-16(18-14)13-6-4-3-5-7-13/h3-7,11-12H,8-10H2,1-2H3,(H2,17,20). The van der Waals surface area contributed by atoms with Gasteiger partial charge in [0.2, 0.25) is 11.8 Å². The van der Waals surface area contributed by atoms with Crippen molar-refractivity contribution in [3.05, 3.63) is 42.3 Å². The highest BCUT2D eigenvalue weighted by molar-refractivity contribution is 5.75. The SMILES string of the molecule is CC(C)CN(CC(N)=O)Cc1coc(-c2ccccc2)n1. The van der Waals surface area contributed by atoms with Crippen LogP contribution in [0.15, 0.2) is 41.0 Å². The van der Waals surface area contributed by atoms with Crippen molar-refractivity contribution in [1.29, 1.82) is 0 Å². The molecule has 2 N–H and O–H groups in total. The molecule has 0 saturated carbocycles. The van der Waals surface area contributed by atoms with Gasteiger partial charge in [0.05, 0.1) is 12.2 Å². The molecule has 5 nitrogen and oxygen atoms in total. The Balaban J connectivity index is 2.07. The molecule has 21 heavy (non-hydrogen) atoms. The highest BCUT2D eigenvalue weighted by Crippen LogP contribution is 2.18. The number of carbonyl (C=O) groups is 1. The first-order chi connectivity index (χ1) is 10.0. The van der Waals surface area contributed by atoms with Crippen LogP contribution in [0.5, 0.6) is 0 Å². The van der Waals surface area contributed by atoms with Crippen molar-refractivity contribution in [2.75, 3.05) is 13.1 Å². The summed E-state index contributed by atoms with van der Waals surface area (Å²) in [5.74, 6) is 0.710. The van der Waals surface area contributed by atoms with Gasteiger partial charge in [-0.25, -0.2) is 4.98 Å². The molecule has 0 aliphatic carbocycles. The maximum absolute atomic E-state index is 11.1. The number of rotatable bonds is 7. The van der Waals surface area contributed by atoms with Crippen molar-refractivity contribution in [3.8, 4) is 11.5 Å². The molecule has 1 heterocycles. The Labute approximate surface area is 124 Å². The van der Waals surface area contributed by atoms with Crippen LogP contribution < -0.4 is 5.73 Å². The van der Waals surface area contributed by atoms with Crippen LogP contribution in [0.3, 0.4) is 0 Å². The van der Waals surface area contributed by atoms with E-state index >= 15 is 0 Å². The third-order valence-electron chi connectivity index (χ3n) is 2.96. The summed E-state index contributed by atoms with van der Waals surface area (Å²) >= 11 is 0. The van der Waals surface area contributed by atoms with E-state index in [9.17, 15) is 4.79 Å². The van der Waals surface area contributed by atoms with Gasteiger partial charge in [0.25, 0.3) is 0 Å². The number of nitrogens with two attached hydrogens (primary N) is 1. The third kappa shape index (κ3) is 4.72. The normalized spacial score (nSPS) is 11.2. The zero-order valence-electron chi connectivity index (χ0n) is 12.5. The zero-order chi connectivity index (χ0) is 15.2. The minimum atomic E-state index is -0.331. The summed E-state index contributed by atoms with van der Waals surface area (Å²) in [6, 6.07) is 9.73. The predicted octanol–water partition coefficient (Wildman–Crippen LogP) is 2.28. The first kappa shape index (κ1) is 15.3. The van der Waals surface area contributed by atoms with Gasteiger partial charge in [-0.15, -0.1) is 0 Å². The third-order valence-corrected chi connectivity index (χ3v) is 2.96. The van der Waals surface area contributed by atoms with Crippen LogP contribution in [0.4, 0.5) is 0 Å². The van der Waals surface area contributed by atoms with Crippen LogP contribution in [0.25, 0.3) is 11.5 Å². The number of amides is 1. The van der Waals surface area contributed by atoms with E-state index in [-0.39, 0.29) is 12.5 Å². The van der Waals surface area contributed by atoms with Crippen LogP contribution in [-0.4, -0.2) is 28.9 Å². The zero-order valence-corrected chi connectivity index (χ0v) is 12.5. The molecule has 0 aliphatic heterocycles. The molecule has 0 unspecified atom stereocenters. The van der Waals surface area contributed by atoms with E-state index in [0.717, 1.165) is 17.8 Å². The van der Waals surface area contributed by atoms with E-state index < -0.39 is 0 Å². The summed E-state index contributed by atoms with van der Waals surface area (Å²) in [4.78, 5) is 17.6. The maximum Gasteiger partial charge on any atom is 0.231 e. The van der Waals surface area contributed by atoms with Crippen LogP contribution >= 0.6 is 0 Å². The van der Waals surface area contributed by atoms with Crippen molar-refractivity contribution in [2.45, 2.75) is 20.4 Å². The number of benzene rings is 1. The second kappa shape index (κ2) is 7.04. The number of primary amides is 1. The Kier molecular flexibility index (Phi) is 5.11. The summed E-state index contributed by atoms with van der Waals surface area (Å²) in [7, 11) is 0. The average Bonchev–Trinajstić information content (AvgIpc) is 2.86. The fraction of sp³-hybridized carbons (Fsp3) is 0.375. The molecule has 0 saturated heterocycles. The van der Waals surface area contributed by atoms with E-state index in [2.05, 4.69) is 18.8 Å². The van der Waals surface area contributed by atoms with Gasteiger partial charge in [0.1, 0.15) is 6.26 Å². The Morgan fingerprint density at radius 2 is 2.05 bits per heavy atom. The summed E-state index contributed by atoms with van der Waals surface area (Å²) in [6.07, 6.45) is 1.64. The molecule has 112 valence electrons. The number of aromatic nitrogens is 1. The smallest absolute Gasteiger partial charge is 0.231 e. The predicted molar refractivity (Wildman–Crippen MR) is 81.2 cm³/mol. The second-order valence-electron chi connectivity index (χ2n) is 5.54. The van der Waals surface area contributed by atoms with Gasteiger partial charge < -0.3 is 10.2 Å². The fourth-order valence-electron chi connectivity index (χ4n) is 2.24. The van der Waals surface area contributed by atoms with E-state index in [1.54, 1.807) is 6.26 Å². The van der Waals surface area contributed by atoms with Gasteiger partial charge in [0, 0.05) is 18.7 Å². The van der Waals surface area contributed by atoms with Crippen LogP contribution in [0, 0.1) is 5.92 Å².